The topological polar surface area (TPSA) is 66.5 Å². The second-order valence-corrected chi connectivity index (χ2v) is 7.12. The van der Waals surface area contributed by atoms with E-state index in [1.165, 1.54) is 6.07 Å². The molecule has 1 unspecified atom stereocenters. The molecule has 7 heteroatoms. The molecule has 0 aliphatic carbocycles. The van der Waals surface area contributed by atoms with Crippen LogP contribution in [0.4, 0.5) is 5.69 Å². The van der Waals surface area contributed by atoms with Gasteiger partial charge in [0.2, 0.25) is 5.91 Å². The van der Waals surface area contributed by atoms with Gasteiger partial charge >= 0.3 is 0 Å². The summed E-state index contributed by atoms with van der Waals surface area (Å²) in [6.45, 7) is 1.98. The molecule has 5 nitrogen and oxygen atoms in total. The summed E-state index contributed by atoms with van der Waals surface area (Å²) in [4.78, 5) is 39.5. The number of nitrogens with one attached hydrogen (secondary N) is 1. The van der Waals surface area contributed by atoms with Gasteiger partial charge in [-0.1, -0.05) is 55.1 Å². The third-order valence-corrected chi connectivity index (χ3v) is 5.20. The number of carbonyl (C=O) groups excluding carboxylic acids is 3. The van der Waals surface area contributed by atoms with Crippen molar-refractivity contribution in [1.82, 2.24) is 4.90 Å². The summed E-state index contributed by atoms with van der Waals surface area (Å²) < 4.78 is 0. The van der Waals surface area contributed by atoms with E-state index in [-0.39, 0.29) is 0 Å². The molecule has 2 aromatic carbocycles. The van der Waals surface area contributed by atoms with Crippen LogP contribution in [0.25, 0.3) is 0 Å². The SMILES string of the molecule is CCCCC(C(=O)Nc1ccc(Cl)c(Cl)c1)N1C(=O)c2ccccc2C1=O. The summed E-state index contributed by atoms with van der Waals surface area (Å²) in [5.41, 5.74) is 1.10. The fourth-order valence-electron chi connectivity index (χ4n) is 3.07. The molecule has 0 fully saturated rings. The Labute approximate surface area is 167 Å². The molecule has 1 aliphatic rings. The average Bonchev–Trinajstić information content (AvgIpc) is 2.90. The first-order valence-corrected chi connectivity index (χ1v) is 9.42. The number of hydrogen-bond acceptors (Lipinski definition) is 3. The van der Waals surface area contributed by atoms with Gasteiger partial charge in [-0.25, -0.2) is 0 Å². The summed E-state index contributed by atoms with van der Waals surface area (Å²) in [5.74, 6) is -1.32. The van der Waals surface area contributed by atoms with E-state index in [2.05, 4.69) is 5.32 Å². The Morgan fingerprint density at radius 1 is 1.04 bits per heavy atom. The van der Waals surface area contributed by atoms with Crippen LogP contribution in [0, 0.1) is 0 Å². The van der Waals surface area contributed by atoms with Gasteiger partial charge in [0.25, 0.3) is 11.8 Å². The minimum absolute atomic E-state index is 0.306. The van der Waals surface area contributed by atoms with Gasteiger partial charge in [-0.15, -0.1) is 0 Å². The number of benzene rings is 2. The Hall–Kier alpha value is -2.37. The van der Waals surface area contributed by atoms with Crippen molar-refractivity contribution in [2.75, 3.05) is 5.32 Å². The Balaban J connectivity index is 1.87. The lowest BCUT2D eigenvalue weighted by Gasteiger charge is -2.25. The highest BCUT2D eigenvalue weighted by Gasteiger charge is 2.42. The molecule has 2 aromatic rings. The van der Waals surface area contributed by atoms with Crippen LogP contribution in [-0.4, -0.2) is 28.7 Å². The van der Waals surface area contributed by atoms with Gasteiger partial charge in [-0.3, -0.25) is 19.3 Å². The van der Waals surface area contributed by atoms with E-state index < -0.39 is 23.8 Å². The number of rotatable bonds is 6. The van der Waals surface area contributed by atoms with Crippen molar-refractivity contribution in [2.24, 2.45) is 0 Å². The fraction of sp³-hybridized carbons (Fsp3) is 0.250. The second-order valence-electron chi connectivity index (χ2n) is 6.30. The van der Waals surface area contributed by atoms with E-state index in [0.717, 1.165) is 11.3 Å². The minimum Gasteiger partial charge on any atom is -0.324 e. The van der Waals surface area contributed by atoms with Crippen molar-refractivity contribution in [3.63, 3.8) is 0 Å². The van der Waals surface area contributed by atoms with Crippen molar-refractivity contribution < 1.29 is 14.4 Å². The van der Waals surface area contributed by atoms with Gasteiger partial charge in [-0.05, 0) is 36.8 Å². The van der Waals surface area contributed by atoms with Crippen LogP contribution >= 0.6 is 23.2 Å². The van der Waals surface area contributed by atoms with Crippen molar-refractivity contribution in [1.29, 1.82) is 0 Å². The maximum absolute atomic E-state index is 12.9. The van der Waals surface area contributed by atoms with Crippen molar-refractivity contribution in [3.8, 4) is 0 Å². The quantitative estimate of drug-likeness (QED) is 0.703. The van der Waals surface area contributed by atoms with E-state index >= 15 is 0 Å². The first-order chi connectivity index (χ1) is 12.9. The lowest BCUT2D eigenvalue weighted by Crippen LogP contribution is -2.47. The van der Waals surface area contributed by atoms with E-state index in [9.17, 15) is 14.4 Å². The first-order valence-electron chi connectivity index (χ1n) is 8.67. The van der Waals surface area contributed by atoms with Gasteiger partial charge in [0, 0.05) is 5.69 Å². The normalized spacial score (nSPS) is 14.3. The molecule has 0 saturated heterocycles. The zero-order valence-electron chi connectivity index (χ0n) is 14.7. The maximum Gasteiger partial charge on any atom is 0.262 e. The van der Waals surface area contributed by atoms with Crippen LogP contribution in [0.3, 0.4) is 0 Å². The molecular formula is C20H18Cl2N2O3. The number of amides is 3. The second kappa shape index (κ2) is 8.11. The Kier molecular flexibility index (Phi) is 5.82. The third-order valence-electron chi connectivity index (χ3n) is 4.46. The average molecular weight is 405 g/mol. The minimum atomic E-state index is -0.896. The van der Waals surface area contributed by atoms with Crippen LogP contribution in [-0.2, 0) is 4.79 Å². The maximum atomic E-state index is 12.9. The molecule has 0 bridgehead atoms. The number of nitrogens with zero attached hydrogens (tertiary/aromatic N) is 1. The molecule has 1 atom stereocenters. The molecule has 1 aliphatic heterocycles. The highest BCUT2D eigenvalue weighted by Crippen LogP contribution is 2.28. The van der Waals surface area contributed by atoms with Crippen LogP contribution in [0.1, 0.15) is 46.9 Å². The van der Waals surface area contributed by atoms with Gasteiger partial charge in [0.05, 0.1) is 21.2 Å². The van der Waals surface area contributed by atoms with Crippen molar-refractivity contribution in [3.05, 3.63) is 63.6 Å². The molecule has 3 amide bonds. The van der Waals surface area contributed by atoms with Gasteiger partial charge in [-0.2, -0.15) is 0 Å². The fourth-order valence-corrected chi connectivity index (χ4v) is 3.36. The highest BCUT2D eigenvalue weighted by atomic mass is 35.5. The van der Waals surface area contributed by atoms with Gasteiger partial charge < -0.3 is 5.32 Å². The molecule has 1 N–H and O–H groups in total. The van der Waals surface area contributed by atoms with Crippen LogP contribution in [0.5, 0.6) is 0 Å². The largest absolute Gasteiger partial charge is 0.324 e. The Morgan fingerprint density at radius 2 is 1.67 bits per heavy atom. The Morgan fingerprint density at radius 3 is 2.22 bits per heavy atom. The number of halogens is 2. The molecule has 1 heterocycles. The standard InChI is InChI=1S/C20H18Cl2N2O3/c1-2-3-8-17(18(25)23-12-9-10-15(21)16(22)11-12)24-19(26)13-6-4-5-7-14(13)20(24)27/h4-7,9-11,17H,2-3,8H2,1H3,(H,23,25). The number of imide groups is 1. The van der Waals surface area contributed by atoms with Crippen LogP contribution in [0.15, 0.2) is 42.5 Å². The van der Waals surface area contributed by atoms with Crippen LogP contribution < -0.4 is 5.32 Å². The summed E-state index contributed by atoms with van der Waals surface area (Å²) in [6, 6.07) is 10.4. The molecule has 0 spiro atoms. The number of unbranched alkanes of at least 4 members (excludes halogenated alkanes) is 1. The number of carbonyl (C=O) groups is 3. The van der Waals surface area contributed by atoms with E-state index in [4.69, 9.17) is 23.2 Å². The lowest BCUT2D eigenvalue weighted by atomic mass is 10.1. The van der Waals surface area contributed by atoms with Crippen LogP contribution in [0.2, 0.25) is 10.0 Å². The predicted molar refractivity (Wildman–Crippen MR) is 105 cm³/mol. The monoisotopic (exact) mass is 404 g/mol. The lowest BCUT2D eigenvalue weighted by molar-refractivity contribution is -0.120. The van der Waals surface area contributed by atoms with Crippen molar-refractivity contribution in [2.45, 2.75) is 32.2 Å². The summed E-state index contributed by atoms with van der Waals surface area (Å²) >= 11 is 11.9. The molecule has 140 valence electrons. The Bertz CT molecular complexity index is 879. The molecule has 3 rings (SSSR count). The predicted octanol–water partition coefficient (Wildman–Crippen LogP) is 4.79. The number of anilines is 1. The summed E-state index contributed by atoms with van der Waals surface area (Å²) in [5, 5.41) is 3.41. The summed E-state index contributed by atoms with van der Waals surface area (Å²) in [6.07, 6.45) is 1.92. The van der Waals surface area contributed by atoms with Crippen molar-refractivity contribution >= 4 is 46.6 Å². The zero-order chi connectivity index (χ0) is 19.6. The van der Waals surface area contributed by atoms with Gasteiger partial charge in [0.1, 0.15) is 6.04 Å². The van der Waals surface area contributed by atoms with E-state index in [1.807, 2.05) is 6.92 Å². The smallest absolute Gasteiger partial charge is 0.262 e. The number of hydrogen-bond donors (Lipinski definition) is 1. The third kappa shape index (κ3) is 3.84. The summed E-state index contributed by atoms with van der Waals surface area (Å²) in [7, 11) is 0. The van der Waals surface area contributed by atoms with Gasteiger partial charge in [0.15, 0.2) is 0 Å². The molecule has 27 heavy (non-hydrogen) atoms. The van der Waals surface area contributed by atoms with E-state index in [1.54, 1.807) is 36.4 Å². The molecule has 0 aromatic heterocycles. The highest BCUT2D eigenvalue weighted by molar-refractivity contribution is 6.42. The first kappa shape index (κ1) is 19.4. The number of fused-ring (bicyclic) bond motifs is 1. The molecular weight excluding hydrogens is 387 g/mol. The van der Waals surface area contributed by atoms with E-state index in [0.29, 0.717) is 39.7 Å². The molecule has 0 saturated carbocycles. The molecule has 0 radical (unpaired) electrons. The zero-order valence-corrected chi connectivity index (χ0v) is 16.2.